The molecule has 1 aliphatic carbocycles. The van der Waals surface area contributed by atoms with Crippen molar-refractivity contribution < 1.29 is 0 Å². The van der Waals surface area contributed by atoms with Crippen LogP contribution in [0, 0.1) is 0 Å². The van der Waals surface area contributed by atoms with Crippen LogP contribution in [0.5, 0.6) is 0 Å². The number of fused-ring (bicyclic) bond motifs is 18. The minimum atomic E-state index is -0.715. The molecule has 15 rings (SSSR count). The molecule has 2 aliphatic rings. The molecule has 12 aromatic carbocycles. The van der Waals surface area contributed by atoms with E-state index in [0.717, 1.165) is 50.8 Å². The first-order valence-corrected chi connectivity index (χ1v) is 25.9. The molecular formula is C69H45N3S. The van der Waals surface area contributed by atoms with Gasteiger partial charge in [0.05, 0.1) is 22.1 Å². The second-order valence-corrected chi connectivity index (χ2v) is 20.2. The highest BCUT2D eigenvalue weighted by Gasteiger charge is 2.53. The van der Waals surface area contributed by atoms with E-state index in [1.807, 2.05) is 11.8 Å². The predicted octanol–water partition coefficient (Wildman–Crippen LogP) is 18.9. The van der Waals surface area contributed by atoms with Gasteiger partial charge in [0.1, 0.15) is 0 Å². The fourth-order valence-electron chi connectivity index (χ4n) is 12.6. The molecule has 1 spiro atoms. The van der Waals surface area contributed by atoms with Gasteiger partial charge >= 0.3 is 0 Å². The van der Waals surface area contributed by atoms with Gasteiger partial charge in [0, 0.05) is 54.7 Å². The van der Waals surface area contributed by atoms with Gasteiger partial charge in [-0.15, -0.1) is 0 Å². The highest BCUT2D eigenvalue weighted by Crippen LogP contribution is 2.67. The number of hydrogen-bond acceptors (Lipinski definition) is 3. The molecule has 1 aliphatic heterocycles. The van der Waals surface area contributed by atoms with E-state index in [1.165, 1.54) is 75.5 Å². The summed E-state index contributed by atoms with van der Waals surface area (Å²) in [6, 6.07) is 101. The quantitative estimate of drug-likeness (QED) is 0.148. The van der Waals surface area contributed by atoms with Crippen LogP contribution in [-0.2, 0) is 5.41 Å². The summed E-state index contributed by atoms with van der Waals surface area (Å²) < 4.78 is 2.55. The Hall–Kier alpha value is -9.09. The lowest BCUT2D eigenvalue weighted by atomic mass is 9.66. The van der Waals surface area contributed by atoms with Gasteiger partial charge in [-0.3, -0.25) is 0 Å². The van der Waals surface area contributed by atoms with Crippen molar-refractivity contribution >= 4 is 89.2 Å². The Kier molecular flexibility index (Phi) is 9.41. The molecule has 0 bridgehead atoms. The average Bonchev–Trinajstić information content (AvgIpc) is 4.09. The van der Waals surface area contributed by atoms with Crippen LogP contribution < -0.4 is 9.80 Å². The first kappa shape index (κ1) is 41.7. The summed E-state index contributed by atoms with van der Waals surface area (Å²) in [5.74, 6) is 0. The lowest BCUT2D eigenvalue weighted by molar-refractivity contribution is 0.729. The maximum Gasteiger partial charge on any atom is 0.0788 e. The summed E-state index contributed by atoms with van der Waals surface area (Å²) in [6.45, 7) is 0. The summed E-state index contributed by atoms with van der Waals surface area (Å²) in [7, 11) is 0. The van der Waals surface area contributed by atoms with E-state index >= 15 is 0 Å². The molecule has 0 radical (unpaired) electrons. The zero-order valence-electron chi connectivity index (χ0n) is 39.7. The Morgan fingerprint density at radius 3 is 1.34 bits per heavy atom. The average molecular weight is 948 g/mol. The fraction of sp³-hybridized carbons (Fsp3) is 0.0145. The van der Waals surface area contributed by atoms with Crippen LogP contribution in [0.2, 0.25) is 0 Å². The fourth-order valence-corrected chi connectivity index (χ4v) is 13.8. The van der Waals surface area contributed by atoms with Crippen molar-refractivity contribution in [1.29, 1.82) is 0 Å². The van der Waals surface area contributed by atoms with Crippen LogP contribution in [0.3, 0.4) is 0 Å². The lowest BCUT2D eigenvalue weighted by Gasteiger charge is -2.40. The summed E-state index contributed by atoms with van der Waals surface area (Å²) in [5.41, 5.74) is 17.0. The number of anilines is 6. The number of hydrogen-bond donors (Lipinski definition) is 0. The SMILES string of the molecule is c1ccc(N(c2ccccc2)c2ccc3c(c2)c2c4c(cc(N(c5ccccc5)c5ccccc5)c2n3-c2ccccc2)C2(c3ccccc3Sc3ccccc32)c2c-4c3ccccc3c3ccccc23)cc1. The van der Waals surface area contributed by atoms with Crippen LogP contribution in [0.1, 0.15) is 22.3 Å². The Morgan fingerprint density at radius 1 is 0.329 bits per heavy atom. The Morgan fingerprint density at radius 2 is 0.781 bits per heavy atom. The molecule has 0 N–H and O–H groups in total. The molecule has 13 aromatic rings. The molecule has 0 atom stereocenters. The van der Waals surface area contributed by atoms with Gasteiger partial charge in [0.2, 0.25) is 0 Å². The van der Waals surface area contributed by atoms with Crippen LogP contribution in [0.4, 0.5) is 34.1 Å². The zero-order chi connectivity index (χ0) is 48.0. The van der Waals surface area contributed by atoms with E-state index in [-0.39, 0.29) is 0 Å². The van der Waals surface area contributed by atoms with Gasteiger partial charge in [0.15, 0.2) is 0 Å². The van der Waals surface area contributed by atoms with Gasteiger partial charge < -0.3 is 14.4 Å². The maximum absolute atomic E-state index is 2.60. The molecule has 2 heterocycles. The van der Waals surface area contributed by atoms with Crippen LogP contribution >= 0.6 is 11.8 Å². The molecule has 0 fully saturated rings. The van der Waals surface area contributed by atoms with E-state index in [1.54, 1.807) is 0 Å². The van der Waals surface area contributed by atoms with E-state index in [2.05, 4.69) is 287 Å². The highest BCUT2D eigenvalue weighted by atomic mass is 32.2. The second-order valence-electron chi connectivity index (χ2n) is 19.1. The Bertz CT molecular complexity index is 4160. The monoisotopic (exact) mass is 947 g/mol. The number of aromatic nitrogens is 1. The molecule has 0 saturated heterocycles. The van der Waals surface area contributed by atoms with Gasteiger partial charge in [-0.2, -0.15) is 0 Å². The third kappa shape index (κ3) is 6.08. The molecule has 342 valence electrons. The Labute approximate surface area is 428 Å². The minimum Gasteiger partial charge on any atom is -0.310 e. The van der Waals surface area contributed by atoms with E-state index in [9.17, 15) is 0 Å². The third-order valence-corrected chi connectivity index (χ3v) is 16.5. The Balaban J connectivity index is 1.23. The predicted molar refractivity (Wildman–Crippen MR) is 307 cm³/mol. The number of benzene rings is 12. The van der Waals surface area contributed by atoms with Crippen molar-refractivity contribution in [3.8, 4) is 16.8 Å². The summed E-state index contributed by atoms with van der Waals surface area (Å²) >= 11 is 1.89. The van der Waals surface area contributed by atoms with Gasteiger partial charge in [-0.1, -0.05) is 188 Å². The number of para-hydroxylation sites is 5. The first-order valence-electron chi connectivity index (χ1n) is 25.1. The van der Waals surface area contributed by atoms with Crippen LogP contribution in [0.15, 0.2) is 283 Å². The van der Waals surface area contributed by atoms with Gasteiger partial charge in [-0.25, -0.2) is 0 Å². The lowest BCUT2D eigenvalue weighted by Crippen LogP contribution is -2.32. The van der Waals surface area contributed by atoms with Crippen molar-refractivity contribution in [2.75, 3.05) is 9.80 Å². The summed E-state index contributed by atoms with van der Waals surface area (Å²) in [4.78, 5) is 7.46. The molecule has 0 unspecified atom stereocenters. The smallest absolute Gasteiger partial charge is 0.0788 e. The molecule has 0 saturated carbocycles. The maximum atomic E-state index is 2.60. The summed E-state index contributed by atoms with van der Waals surface area (Å²) in [6.07, 6.45) is 0. The molecule has 73 heavy (non-hydrogen) atoms. The number of nitrogens with zero attached hydrogens (tertiary/aromatic N) is 3. The minimum absolute atomic E-state index is 0.715. The van der Waals surface area contributed by atoms with E-state index in [0.29, 0.717) is 0 Å². The van der Waals surface area contributed by atoms with Crippen molar-refractivity contribution in [3.05, 3.63) is 295 Å². The van der Waals surface area contributed by atoms with E-state index < -0.39 is 5.41 Å². The largest absolute Gasteiger partial charge is 0.310 e. The highest BCUT2D eigenvalue weighted by molar-refractivity contribution is 7.99. The van der Waals surface area contributed by atoms with Crippen LogP contribution in [-0.4, -0.2) is 4.57 Å². The van der Waals surface area contributed by atoms with Crippen LogP contribution in [0.25, 0.3) is 60.2 Å². The van der Waals surface area contributed by atoms with E-state index in [4.69, 9.17) is 0 Å². The van der Waals surface area contributed by atoms with Gasteiger partial charge in [0.25, 0.3) is 0 Å². The second kappa shape index (κ2) is 16.5. The molecule has 3 nitrogen and oxygen atoms in total. The molecule has 0 amide bonds. The van der Waals surface area contributed by atoms with Crippen molar-refractivity contribution in [2.24, 2.45) is 0 Å². The number of rotatable bonds is 7. The zero-order valence-corrected chi connectivity index (χ0v) is 40.5. The topological polar surface area (TPSA) is 11.4 Å². The third-order valence-electron chi connectivity index (χ3n) is 15.3. The van der Waals surface area contributed by atoms with Crippen molar-refractivity contribution in [2.45, 2.75) is 15.2 Å². The summed E-state index contributed by atoms with van der Waals surface area (Å²) in [5, 5.41) is 7.45. The first-order chi connectivity index (χ1) is 36.3. The van der Waals surface area contributed by atoms with Gasteiger partial charge in [-0.05, 0) is 152 Å². The normalized spacial score (nSPS) is 13.0. The van der Waals surface area contributed by atoms with Crippen molar-refractivity contribution in [1.82, 2.24) is 4.57 Å². The molecule has 1 aromatic heterocycles. The standard InChI is InChI=1S/C69H45N3S/c1-6-24-46(25-7-1)70(47-26-8-2-9-27-47)51-42-43-60-56(44-51)65-66-59(45-61(68(65)72(60)50-32-14-5-15-33-50)71(48-28-10-3-11-29-48)49-30-12-4-13-31-49)69(57-38-20-22-40-62(57)73-63-41-23-21-39-58(63)69)67-55-37-19-17-35-53(55)52-34-16-18-36-54(52)64(66)67/h1-45H. The molecule has 4 heteroatoms. The van der Waals surface area contributed by atoms with Crippen molar-refractivity contribution in [3.63, 3.8) is 0 Å². The molecular weight excluding hydrogens is 903 g/mol.